The highest BCUT2D eigenvalue weighted by Gasteiger charge is 2.55. The minimum atomic E-state index is -2.02. The first-order valence-corrected chi connectivity index (χ1v) is 15.7. The maximum Gasteiger partial charge on any atom is 0.198 e. The lowest BCUT2D eigenvalue weighted by Crippen LogP contribution is -2.55. The summed E-state index contributed by atoms with van der Waals surface area (Å²) in [4.78, 5) is 43.2. The first-order chi connectivity index (χ1) is 21.7. The Morgan fingerprint density at radius 3 is 2.33 bits per heavy atom. The van der Waals surface area contributed by atoms with Crippen LogP contribution in [0.15, 0.2) is 24.3 Å². The van der Waals surface area contributed by atoms with Gasteiger partial charge in [-0.15, -0.1) is 0 Å². The molecule has 7 rings (SSSR count). The molecule has 3 N–H and O–H groups in total. The van der Waals surface area contributed by atoms with E-state index in [9.17, 15) is 29.7 Å². The Balaban J connectivity index is 1.30. The van der Waals surface area contributed by atoms with Crippen molar-refractivity contribution < 1.29 is 53.4 Å². The van der Waals surface area contributed by atoms with Crippen LogP contribution in [0.2, 0.25) is 0 Å². The predicted molar refractivity (Wildman–Crippen MR) is 159 cm³/mol. The topological polar surface area (TPSA) is 161 Å². The number of phenols is 2. The third-order valence-corrected chi connectivity index (χ3v) is 9.98. The molecule has 0 radical (unpaired) electrons. The fourth-order valence-electron chi connectivity index (χ4n) is 7.97. The second kappa shape index (κ2) is 10.9. The van der Waals surface area contributed by atoms with Gasteiger partial charge in [0.25, 0.3) is 0 Å². The zero-order valence-electron chi connectivity index (χ0n) is 26.4. The van der Waals surface area contributed by atoms with Gasteiger partial charge in [0.2, 0.25) is 0 Å². The zero-order valence-corrected chi connectivity index (χ0v) is 26.4. The second-order valence-corrected chi connectivity index (χ2v) is 13.9. The normalized spacial score (nSPS) is 33.9. The molecule has 2 aromatic carbocycles. The number of fused-ring (bicyclic) bond motifs is 6. The fourth-order valence-corrected chi connectivity index (χ4v) is 7.97. The van der Waals surface area contributed by atoms with E-state index in [2.05, 4.69) is 4.90 Å². The monoisotopic (exact) mass is 637 g/mol. The number of ether oxygens (including phenoxy) is 5. The molecular weight excluding hydrogens is 598 g/mol. The lowest BCUT2D eigenvalue weighted by atomic mass is 9.68. The molecule has 3 saturated heterocycles. The van der Waals surface area contributed by atoms with Crippen LogP contribution >= 0.6 is 0 Å². The second-order valence-electron chi connectivity index (χ2n) is 13.9. The number of phenolic OH excluding ortho intramolecular Hbond substituents is 2. The highest BCUT2D eigenvalue weighted by molar-refractivity contribution is 6.30. The number of morpholine rings is 1. The summed E-state index contributed by atoms with van der Waals surface area (Å²) in [5.41, 5.74) is -3.45. The molecule has 0 bridgehead atoms. The van der Waals surface area contributed by atoms with Crippen molar-refractivity contribution in [1.82, 2.24) is 4.90 Å². The van der Waals surface area contributed by atoms with Crippen molar-refractivity contribution in [2.75, 3.05) is 20.3 Å². The molecule has 246 valence electrons. The minimum Gasteiger partial charge on any atom is -0.507 e. The van der Waals surface area contributed by atoms with E-state index in [-0.39, 0.29) is 58.4 Å². The number of methoxy groups -OCH3 is 1. The predicted octanol–water partition coefficient (Wildman–Crippen LogP) is 2.76. The molecule has 3 heterocycles. The van der Waals surface area contributed by atoms with Gasteiger partial charge < -0.3 is 39.0 Å². The van der Waals surface area contributed by atoms with E-state index in [0.29, 0.717) is 19.6 Å². The van der Waals surface area contributed by atoms with E-state index in [0.717, 1.165) is 0 Å². The average Bonchev–Trinajstić information content (AvgIpc) is 3.40. The van der Waals surface area contributed by atoms with Gasteiger partial charge in [0.05, 0.1) is 29.9 Å². The summed E-state index contributed by atoms with van der Waals surface area (Å²) in [6.45, 7) is 7.97. The average molecular weight is 638 g/mol. The van der Waals surface area contributed by atoms with Crippen molar-refractivity contribution in [3.8, 4) is 11.5 Å². The number of hydrogen-bond acceptors (Lipinski definition) is 12. The number of carbonyl (C=O) groups is 3. The third-order valence-electron chi connectivity index (χ3n) is 9.98. The van der Waals surface area contributed by atoms with Gasteiger partial charge in [0.1, 0.15) is 23.2 Å². The third kappa shape index (κ3) is 4.65. The fraction of sp³-hybridized carbons (Fsp3) is 0.559. The van der Waals surface area contributed by atoms with Crippen LogP contribution in [0.1, 0.15) is 89.6 Å². The van der Waals surface area contributed by atoms with Gasteiger partial charge in [-0.25, -0.2) is 0 Å². The van der Waals surface area contributed by atoms with Crippen molar-refractivity contribution >= 4 is 17.3 Å². The Morgan fingerprint density at radius 1 is 1.04 bits per heavy atom. The molecule has 0 saturated carbocycles. The Bertz CT molecular complexity index is 1630. The van der Waals surface area contributed by atoms with E-state index in [4.69, 9.17) is 23.7 Å². The summed E-state index contributed by atoms with van der Waals surface area (Å²) < 4.78 is 30.3. The molecule has 8 atom stereocenters. The van der Waals surface area contributed by atoms with Crippen LogP contribution in [0.5, 0.6) is 11.5 Å². The highest BCUT2D eigenvalue weighted by Crippen LogP contribution is 2.53. The largest absolute Gasteiger partial charge is 0.507 e. The summed E-state index contributed by atoms with van der Waals surface area (Å²) in [6, 6.07) is 6.07. The highest BCUT2D eigenvalue weighted by atomic mass is 16.7. The number of hydrogen-bond donors (Lipinski definition) is 3. The van der Waals surface area contributed by atoms with E-state index >= 15 is 0 Å². The lowest BCUT2D eigenvalue weighted by molar-refractivity contribution is -0.256. The first kappa shape index (κ1) is 31.4. The van der Waals surface area contributed by atoms with Crippen LogP contribution in [0.4, 0.5) is 0 Å². The molecule has 12 heteroatoms. The standard InChI is InChI=1S/C34H39NO11/c1-15-29-19(35-10-11-43-31(42-5)30(35)46-29)12-21(44-15)45-20-14-34(41,32(40)33(2,3)4)13-18-22(20)28(39)24-23(27(18)38)25(36)16-8-6-7-9-17(16)26(24)37/h6-9,15,19-21,29-31,38-39,41H,10-14H2,1-5H3. The van der Waals surface area contributed by atoms with E-state index in [1.54, 1.807) is 40.0 Å². The van der Waals surface area contributed by atoms with Gasteiger partial charge in [-0.2, -0.15) is 0 Å². The quantitative estimate of drug-likeness (QED) is 0.360. The van der Waals surface area contributed by atoms with Gasteiger partial charge in [-0.3, -0.25) is 19.3 Å². The summed E-state index contributed by atoms with van der Waals surface area (Å²) >= 11 is 0. The van der Waals surface area contributed by atoms with Gasteiger partial charge >= 0.3 is 0 Å². The summed E-state index contributed by atoms with van der Waals surface area (Å²) in [5.74, 6) is -2.83. The van der Waals surface area contributed by atoms with Crippen LogP contribution < -0.4 is 0 Å². The summed E-state index contributed by atoms with van der Waals surface area (Å²) in [6.07, 6.45) is -4.08. The van der Waals surface area contributed by atoms with Crippen molar-refractivity contribution in [3.05, 3.63) is 57.6 Å². The van der Waals surface area contributed by atoms with Crippen molar-refractivity contribution in [3.63, 3.8) is 0 Å². The van der Waals surface area contributed by atoms with Crippen molar-refractivity contribution in [2.24, 2.45) is 5.41 Å². The van der Waals surface area contributed by atoms with E-state index < -0.39 is 70.9 Å². The molecule has 0 amide bonds. The molecule has 2 aliphatic carbocycles. The molecule has 5 aliphatic rings. The smallest absolute Gasteiger partial charge is 0.198 e. The molecule has 3 fully saturated rings. The van der Waals surface area contributed by atoms with Crippen LogP contribution in [0.25, 0.3) is 0 Å². The Hall–Kier alpha value is -3.23. The SMILES string of the molecule is COC1OCCN2C3CC(OC4CC(O)(C(=O)C(C)(C)C)Cc5c(O)c6c(c(O)c54)C(=O)c4ccccc4C6=O)OC(C)C3OC12. The zero-order chi connectivity index (χ0) is 32.9. The Morgan fingerprint density at radius 2 is 1.70 bits per heavy atom. The van der Waals surface area contributed by atoms with Crippen LogP contribution in [-0.4, -0.2) is 100 Å². The van der Waals surface area contributed by atoms with Gasteiger partial charge in [-0.1, -0.05) is 45.0 Å². The molecule has 46 heavy (non-hydrogen) atoms. The first-order valence-electron chi connectivity index (χ1n) is 15.7. The summed E-state index contributed by atoms with van der Waals surface area (Å²) in [7, 11) is 1.56. The minimum absolute atomic E-state index is 0.0183. The van der Waals surface area contributed by atoms with Crippen LogP contribution in [0, 0.1) is 5.41 Å². The van der Waals surface area contributed by atoms with E-state index in [1.165, 1.54) is 12.1 Å². The van der Waals surface area contributed by atoms with Gasteiger partial charge in [0.15, 0.2) is 36.2 Å². The number of Topliss-reactive ketones (excluding diaryl/α,β-unsaturated/α-hetero) is 1. The molecule has 8 unspecified atom stereocenters. The van der Waals surface area contributed by atoms with Crippen molar-refractivity contribution in [2.45, 2.75) is 95.7 Å². The van der Waals surface area contributed by atoms with Crippen molar-refractivity contribution in [1.29, 1.82) is 0 Å². The van der Waals surface area contributed by atoms with Crippen LogP contribution in [-0.2, 0) is 34.9 Å². The lowest BCUT2D eigenvalue weighted by Gasteiger charge is -2.44. The Kier molecular flexibility index (Phi) is 7.44. The van der Waals surface area contributed by atoms with Gasteiger partial charge in [-0.05, 0) is 6.92 Å². The molecule has 3 aliphatic heterocycles. The maximum atomic E-state index is 13.7. The molecule has 0 aromatic heterocycles. The number of aromatic hydroxyl groups is 2. The maximum absolute atomic E-state index is 13.7. The van der Waals surface area contributed by atoms with Crippen LogP contribution in [0.3, 0.4) is 0 Å². The van der Waals surface area contributed by atoms with E-state index in [1.807, 2.05) is 6.92 Å². The summed E-state index contributed by atoms with van der Waals surface area (Å²) in [5, 5.41) is 35.4. The number of ketones is 3. The number of nitrogens with zero attached hydrogens (tertiary/aromatic N) is 1. The number of carbonyl (C=O) groups excluding carboxylic acids is 3. The van der Waals surface area contributed by atoms with Gasteiger partial charge in [0, 0.05) is 66.6 Å². The molecule has 12 nitrogen and oxygen atoms in total. The molecular formula is C34H39NO11. The molecule has 2 aromatic rings. The Labute approximate surface area is 266 Å². The number of aliphatic hydroxyl groups is 1. The number of rotatable bonds is 4. The molecule has 0 spiro atoms. The number of benzene rings is 2.